The van der Waals surface area contributed by atoms with Crippen LogP contribution in [-0.2, 0) is 5.41 Å². The summed E-state index contributed by atoms with van der Waals surface area (Å²) in [5, 5.41) is 2.46. The average molecular weight is 732 g/mol. The van der Waals surface area contributed by atoms with Crippen LogP contribution in [0.25, 0.3) is 76.6 Å². The highest BCUT2D eigenvalue weighted by Crippen LogP contribution is 2.58. The summed E-state index contributed by atoms with van der Waals surface area (Å²) in [7, 11) is 0. The number of hydrogen-bond donors (Lipinski definition) is 0. The summed E-state index contributed by atoms with van der Waals surface area (Å²) in [5.74, 6) is 1.95. The van der Waals surface area contributed by atoms with Gasteiger partial charge in [0, 0.05) is 36.9 Å². The Morgan fingerprint density at radius 2 is 0.875 bits per heavy atom. The molecule has 0 radical (unpaired) electrons. The number of hydrogen-bond acceptors (Lipinski definition) is 4. The molecule has 1 aliphatic carbocycles. The first kappa shape index (κ1) is 32.4. The summed E-state index contributed by atoms with van der Waals surface area (Å²) in [6.45, 7) is 0. The van der Waals surface area contributed by atoms with Crippen molar-refractivity contribution < 1.29 is 0 Å². The zero-order chi connectivity index (χ0) is 37.1. The number of fused-ring (bicyclic) bond motifs is 6. The molecule has 0 fully saturated rings. The van der Waals surface area contributed by atoms with E-state index in [1.807, 2.05) is 18.2 Å². The van der Waals surface area contributed by atoms with E-state index in [9.17, 15) is 0 Å². The molecule has 0 unspecified atom stereocenters. The van der Waals surface area contributed by atoms with Crippen LogP contribution in [0, 0.1) is 0 Å². The van der Waals surface area contributed by atoms with Crippen LogP contribution in [0.15, 0.2) is 200 Å². The van der Waals surface area contributed by atoms with Crippen LogP contribution in [0.2, 0.25) is 0 Å². The fourth-order valence-electron chi connectivity index (χ4n) is 8.79. The molecule has 4 heteroatoms. The SMILES string of the molecule is c1ccc(-c2nc(-c3cc4c(cc3-c3ccccc3)C(c3ccccc3)(c3ccccc3)c3ccccc3-4)nc(-c3cccc4c3sc3ccccc34)n2)cc1. The Labute approximate surface area is 329 Å². The lowest BCUT2D eigenvalue weighted by Crippen LogP contribution is -2.28. The molecule has 3 nitrogen and oxygen atoms in total. The molecule has 8 aromatic carbocycles. The van der Waals surface area contributed by atoms with E-state index in [2.05, 4.69) is 182 Å². The molecule has 0 aliphatic heterocycles. The molecule has 56 heavy (non-hydrogen) atoms. The first-order chi connectivity index (χ1) is 27.8. The molecule has 0 N–H and O–H groups in total. The van der Waals surface area contributed by atoms with Crippen LogP contribution in [0.3, 0.4) is 0 Å². The number of nitrogens with zero attached hydrogens (tertiary/aromatic N) is 3. The maximum Gasteiger partial charge on any atom is 0.165 e. The van der Waals surface area contributed by atoms with E-state index >= 15 is 0 Å². The largest absolute Gasteiger partial charge is 0.208 e. The van der Waals surface area contributed by atoms with E-state index in [-0.39, 0.29) is 0 Å². The van der Waals surface area contributed by atoms with E-state index < -0.39 is 5.41 Å². The van der Waals surface area contributed by atoms with Gasteiger partial charge in [-0.2, -0.15) is 0 Å². The Balaban J connectivity index is 1.24. The van der Waals surface area contributed by atoms with Gasteiger partial charge >= 0.3 is 0 Å². The zero-order valence-electron chi connectivity index (χ0n) is 30.3. The minimum atomic E-state index is -0.535. The molecule has 2 aromatic heterocycles. The lowest BCUT2D eigenvalue weighted by Gasteiger charge is -2.34. The highest BCUT2D eigenvalue weighted by atomic mass is 32.1. The second-order valence-corrected chi connectivity index (χ2v) is 15.3. The molecule has 0 atom stereocenters. The lowest BCUT2D eigenvalue weighted by atomic mass is 9.67. The van der Waals surface area contributed by atoms with Gasteiger partial charge in [0.1, 0.15) is 0 Å². The summed E-state index contributed by atoms with van der Waals surface area (Å²) < 4.78 is 2.42. The van der Waals surface area contributed by atoms with Gasteiger partial charge in [-0.15, -0.1) is 11.3 Å². The van der Waals surface area contributed by atoms with Crippen molar-refractivity contribution in [2.45, 2.75) is 5.41 Å². The Kier molecular flexibility index (Phi) is 7.58. The number of rotatable bonds is 6. The summed E-state index contributed by atoms with van der Waals surface area (Å²) in [4.78, 5) is 16.0. The van der Waals surface area contributed by atoms with Crippen molar-refractivity contribution in [3.05, 3.63) is 222 Å². The van der Waals surface area contributed by atoms with Crippen molar-refractivity contribution in [1.29, 1.82) is 0 Å². The van der Waals surface area contributed by atoms with Gasteiger partial charge in [0.15, 0.2) is 17.5 Å². The molecule has 11 rings (SSSR count). The fourth-order valence-corrected chi connectivity index (χ4v) is 10.00. The summed E-state index contributed by atoms with van der Waals surface area (Å²) >= 11 is 1.79. The Morgan fingerprint density at radius 3 is 1.59 bits per heavy atom. The highest BCUT2D eigenvalue weighted by molar-refractivity contribution is 7.26. The Bertz CT molecular complexity index is 3030. The highest BCUT2D eigenvalue weighted by Gasteiger charge is 2.46. The molecule has 0 amide bonds. The van der Waals surface area contributed by atoms with Crippen molar-refractivity contribution in [1.82, 2.24) is 15.0 Å². The molecule has 10 aromatic rings. The fraction of sp³-hybridized carbons (Fsp3) is 0.0192. The van der Waals surface area contributed by atoms with Crippen LogP contribution in [0.4, 0.5) is 0 Å². The third kappa shape index (κ3) is 5.00. The molecule has 0 saturated carbocycles. The summed E-state index contributed by atoms with van der Waals surface area (Å²) in [6.07, 6.45) is 0. The third-order valence-corrected chi connectivity index (χ3v) is 12.5. The van der Waals surface area contributed by atoms with Crippen molar-refractivity contribution in [2.75, 3.05) is 0 Å². The minimum absolute atomic E-state index is 0.535. The van der Waals surface area contributed by atoms with Crippen LogP contribution in [0.5, 0.6) is 0 Å². The Hall–Kier alpha value is -7.01. The van der Waals surface area contributed by atoms with Gasteiger partial charge in [0.25, 0.3) is 0 Å². The molecule has 0 bridgehead atoms. The number of aromatic nitrogens is 3. The second-order valence-electron chi connectivity index (χ2n) is 14.3. The van der Waals surface area contributed by atoms with Crippen LogP contribution in [-0.4, -0.2) is 15.0 Å². The quantitative estimate of drug-likeness (QED) is 0.171. The zero-order valence-corrected chi connectivity index (χ0v) is 31.1. The van der Waals surface area contributed by atoms with E-state index in [4.69, 9.17) is 15.0 Å². The normalized spacial score (nSPS) is 12.8. The van der Waals surface area contributed by atoms with Gasteiger partial charge < -0.3 is 0 Å². The number of thiophene rings is 1. The van der Waals surface area contributed by atoms with E-state index in [0.29, 0.717) is 17.5 Å². The maximum atomic E-state index is 5.42. The number of benzene rings is 8. The van der Waals surface area contributed by atoms with E-state index in [0.717, 1.165) is 27.8 Å². The van der Waals surface area contributed by atoms with Crippen molar-refractivity contribution in [2.24, 2.45) is 0 Å². The third-order valence-electron chi connectivity index (χ3n) is 11.2. The molecule has 1 aliphatic rings. The van der Waals surface area contributed by atoms with Crippen molar-refractivity contribution >= 4 is 31.5 Å². The van der Waals surface area contributed by atoms with Gasteiger partial charge in [0.05, 0.1) is 5.41 Å². The van der Waals surface area contributed by atoms with Gasteiger partial charge in [-0.1, -0.05) is 176 Å². The van der Waals surface area contributed by atoms with E-state index in [1.165, 1.54) is 53.6 Å². The molecular formula is C52H33N3S. The van der Waals surface area contributed by atoms with Crippen molar-refractivity contribution in [3.63, 3.8) is 0 Å². The van der Waals surface area contributed by atoms with Crippen LogP contribution in [0.1, 0.15) is 22.3 Å². The van der Waals surface area contributed by atoms with Crippen LogP contribution < -0.4 is 0 Å². The monoisotopic (exact) mass is 731 g/mol. The first-order valence-corrected chi connectivity index (χ1v) is 19.8. The molecule has 0 spiro atoms. The van der Waals surface area contributed by atoms with Gasteiger partial charge in [-0.25, -0.2) is 15.0 Å². The smallest absolute Gasteiger partial charge is 0.165 e. The predicted octanol–water partition coefficient (Wildman–Crippen LogP) is 13.3. The second kappa shape index (κ2) is 13.1. The van der Waals surface area contributed by atoms with Crippen LogP contribution >= 0.6 is 11.3 Å². The maximum absolute atomic E-state index is 5.42. The van der Waals surface area contributed by atoms with Gasteiger partial charge in [-0.3, -0.25) is 0 Å². The Morgan fingerprint density at radius 1 is 0.339 bits per heavy atom. The predicted molar refractivity (Wildman–Crippen MR) is 232 cm³/mol. The van der Waals surface area contributed by atoms with Gasteiger partial charge in [-0.05, 0) is 68.8 Å². The standard InChI is InChI=1S/C52H33N3S/c1-5-18-34(19-6-1)42-33-46-43(38-26-13-15-30-45(38)52(46,36-22-9-3-10-23-36)37-24-11-4-12-25-37)32-44(42)51-54-49(35-20-7-2-8-21-35)53-50(55-51)41-29-17-28-40-39-27-14-16-31-47(39)56-48(40)41/h1-33H. The molecular weight excluding hydrogens is 699 g/mol. The minimum Gasteiger partial charge on any atom is -0.208 e. The topological polar surface area (TPSA) is 38.7 Å². The first-order valence-electron chi connectivity index (χ1n) is 18.9. The molecule has 262 valence electrons. The van der Waals surface area contributed by atoms with Gasteiger partial charge in [0.2, 0.25) is 0 Å². The average Bonchev–Trinajstić information content (AvgIpc) is 3.81. The lowest BCUT2D eigenvalue weighted by molar-refractivity contribution is 0.769. The summed E-state index contributed by atoms with van der Waals surface area (Å²) in [6, 6.07) is 71.6. The molecule has 0 saturated heterocycles. The summed E-state index contributed by atoms with van der Waals surface area (Å²) in [5.41, 5.74) is 11.9. The van der Waals surface area contributed by atoms with E-state index in [1.54, 1.807) is 11.3 Å². The molecule has 2 heterocycles. The van der Waals surface area contributed by atoms with Crippen molar-refractivity contribution in [3.8, 4) is 56.4 Å².